The summed E-state index contributed by atoms with van der Waals surface area (Å²) in [5.41, 5.74) is 2.68. The first kappa shape index (κ1) is 13.8. The van der Waals surface area contributed by atoms with Crippen molar-refractivity contribution in [2.45, 2.75) is 18.9 Å². The van der Waals surface area contributed by atoms with Crippen LogP contribution in [0.15, 0.2) is 54.6 Å². The van der Waals surface area contributed by atoms with Crippen LogP contribution in [0.3, 0.4) is 0 Å². The van der Waals surface area contributed by atoms with Crippen LogP contribution in [0.5, 0.6) is 0 Å². The van der Waals surface area contributed by atoms with E-state index in [2.05, 4.69) is 40.5 Å². The van der Waals surface area contributed by atoms with Gasteiger partial charge in [0, 0.05) is 17.6 Å². The summed E-state index contributed by atoms with van der Waals surface area (Å²) in [5.74, 6) is -0.157. The predicted molar refractivity (Wildman–Crippen MR) is 87.5 cm³/mol. The molecule has 1 atom stereocenters. The van der Waals surface area contributed by atoms with Crippen LogP contribution in [0.2, 0.25) is 0 Å². The maximum atomic E-state index is 13.6. The van der Waals surface area contributed by atoms with E-state index < -0.39 is 0 Å². The van der Waals surface area contributed by atoms with Gasteiger partial charge in [0.05, 0.1) is 6.04 Å². The Kier molecular flexibility index (Phi) is 3.38. The van der Waals surface area contributed by atoms with Crippen LogP contribution >= 0.6 is 0 Å². The van der Waals surface area contributed by atoms with E-state index in [-0.39, 0.29) is 5.82 Å². The number of anilines is 1. The highest BCUT2D eigenvalue weighted by molar-refractivity contribution is 5.54. The van der Waals surface area contributed by atoms with Gasteiger partial charge in [-0.05, 0) is 49.7 Å². The number of hydrogen-bond acceptors (Lipinski definition) is 2. The molecule has 114 valence electrons. The predicted octanol–water partition coefficient (Wildman–Crippen LogP) is 3.76. The molecule has 2 saturated heterocycles. The van der Waals surface area contributed by atoms with Crippen molar-refractivity contribution in [1.29, 1.82) is 0 Å². The van der Waals surface area contributed by atoms with Gasteiger partial charge in [-0.3, -0.25) is 0 Å². The molecule has 4 rings (SSSR count). The minimum absolute atomic E-state index is 0.157. The smallest absolute Gasteiger partial charge is 0.125 e. The Hall–Kier alpha value is -1.87. The molecule has 2 aromatic rings. The molecular formula is C19H21FN2. The molecule has 2 heterocycles. The second-order valence-electron chi connectivity index (χ2n) is 6.53. The number of nitrogens with one attached hydrogen (secondary N) is 1. The summed E-state index contributed by atoms with van der Waals surface area (Å²) in [4.78, 5) is 2.36. The van der Waals surface area contributed by atoms with Crippen LogP contribution in [0.1, 0.15) is 24.4 Å². The molecule has 22 heavy (non-hydrogen) atoms. The lowest BCUT2D eigenvalue weighted by Gasteiger charge is -2.60. The minimum Gasteiger partial charge on any atom is -0.363 e. The van der Waals surface area contributed by atoms with E-state index in [9.17, 15) is 4.39 Å². The zero-order chi connectivity index (χ0) is 15.0. The molecule has 2 aliphatic rings. The van der Waals surface area contributed by atoms with E-state index in [1.165, 1.54) is 24.5 Å². The molecule has 2 aliphatic heterocycles. The fourth-order valence-electron chi connectivity index (χ4n) is 4.16. The van der Waals surface area contributed by atoms with Crippen molar-refractivity contribution in [3.05, 3.63) is 66.0 Å². The molecule has 0 radical (unpaired) electrons. The number of halogens is 1. The molecule has 0 aromatic heterocycles. The summed E-state index contributed by atoms with van der Waals surface area (Å²) in [6.07, 6.45) is 2.39. The van der Waals surface area contributed by atoms with Crippen LogP contribution in [-0.4, -0.2) is 19.6 Å². The lowest BCUT2D eigenvalue weighted by Crippen LogP contribution is -2.62. The number of rotatable bonds is 2. The van der Waals surface area contributed by atoms with Crippen molar-refractivity contribution < 1.29 is 4.39 Å². The Morgan fingerprint density at radius 1 is 1.00 bits per heavy atom. The summed E-state index contributed by atoms with van der Waals surface area (Å²) in [7, 11) is 0. The van der Waals surface area contributed by atoms with Gasteiger partial charge in [-0.1, -0.05) is 36.4 Å². The molecule has 1 unspecified atom stereocenters. The first-order valence-corrected chi connectivity index (χ1v) is 8.06. The average Bonchev–Trinajstić information content (AvgIpc) is 2.55. The Labute approximate surface area is 131 Å². The lowest BCUT2D eigenvalue weighted by atomic mass is 9.63. The Morgan fingerprint density at radius 2 is 1.77 bits per heavy atom. The number of benzene rings is 2. The van der Waals surface area contributed by atoms with Crippen LogP contribution in [0.25, 0.3) is 0 Å². The van der Waals surface area contributed by atoms with Crippen molar-refractivity contribution in [2.24, 2.45) is 5.41 Å². The monoisotopic (exact) mass is 296 g/mol. The topological polar surface area (TPSA) is 15.3 Å². The Bertz CT molecular complexity index is 649. The molecule has 0 bridgehead atoms. The highest BCUT2D eigenvalue weighted by Crippen LogP contribution is 2.55. The molecule has 3 heteroatoms. The SMILES string of the molecule is Fc1cccc(N2CC3(CCNCC3)C2c2ccccc2)c1. The van der Waals surface area contributed by atoms with E-state index >= 15 is 0 Å². The molecule has 1 spiro atoms. The third-order valence-corrected chi connectivity index (χ3v) is 5.23. The van der Waals surface area contributed by atoms with Gasteiger partial charge in [0.1, 0.15) is 5.82 Å². The van der Waals surface area contributed by atoms with Crippen molar-refractivity contribution in [2.75, 3.05) is 24.5 Å². The quantitative estimate of drug-likeness (QED) is 0.908. The van der Waals surface area contributed by atoms with Gasteiger partial charge in [-0.2, -0.15) is 0 Å². The van der Waals surface area contributed by atoms with Gasteiger partial charge in [0.15, 0.2) is 0 Å². The molecule has 2 aromatic carbocycles. The van der Waals surface area contributed by atoms with Gasteiger partial charge in [-0.15, -0.1) is 0 Å². The Morgan fingerprint density at radius 3 is 2.50 bits per heavy atom. The van der Waals surface area contributed by atoms with Crippen LogP contribution in [0.4, 0.5) is 10.1 Å². The van der Waals surface area contributed by atoms with Crippen LogP contribution in [0, 0.1) is 11.2 Å². The van der Waals surface area contributed by atoms with Gasteiger partial charge in [-0.25, -0.2) is 4.39 Å². The molecule has 1 N–H and O–H groups in total. The van der Waals surface area contributed by atoms with E-state index in [4.69, 9.17) is 0 Å². The average molecular weight is 296 g/mol. The first-order chi connectivity index (χ1) is 10.8. The fraction of sp³-hybridized carbons (Fsp3) is 0.368. The van der Waals surface area contributed by atoms with Crippen molar-refractivity contribution in [3.63, 3.8) is 0 Å². The summed E-state index contributed by atoms with van der Waals surface area (Å²) in [6.45, 7) is 3.19. The number of piperidine rings is 1. The van der Waals surface area contributed by atoms with Crippen LogP contribution in [-0.2, 0) is 0 Å². The number of nitrogens with zero attached hydrogens (tertiary/aromatic N) is 1. The summed E-state index contributed by atoms with van der Waals surface area (Å²) < 4.78 is 13.6. The summed E-state index contributed by atoms with van der Waals surface area (Å²) in [5, 5.41) is 3.47. The molecule has 2 fully saturated rings. The van der Waals surface area contributed by atoms with Crippen molar-refractivity contribution >= 4 is 5.69 Å². The van der Waals surface area contributed by atoms with E-state index in [1.807, 2.05) is 6.07 Å². The molecule has 0 saturated carbocycles. The zero-order valence-corrected chi connectivity index (χ0v) is 12.6. The first-order valence-electron chi connectivity index (χ1n) is 8.06. The third-order valence-electron chi connectivity index (χ3n) is 5.23. The Balaban J connectivity index is 1.71. The second-order valence-corrected chi connectivity index (χ2v) is 6.53. The highest BCUT2D eigenvalue weighted by Gasteiger charge is 2.53. The fourth-order valence-corrected chi connectivity index (χ4v) is 4.16. The van der Waals surface area contributed by atoms with E-state index in [0.29, 0.717) is 11.5 Å². The highest BCUT2D eigenvalue weighted by atomic mass is 19.1. The molecule has 0 amide bonds. The summed E-state index contributed by atoms with van der Waals surface area (Å²) in [6, 6.07) is 18.0. The molecule has 2 nitrogen and oxygen atoms in total. The van der Waals surface area contributed by atoms with Crippen molar-refractivity contribution in [1.82, 2.24) is 5.32 Å². The van der Waals surface area contributed by atoms with E-state index in [1.54, 1.807) is 12.1 Å². The van der Waals surface area contributed by atoms with Gasteiger partial charge in [0.25, 0.3) is 0 Å². The van der Waals surface area contributed by atoms with Crippen LogP contribution < -0.4 is 10.2 Å². The summed E-state index contributed by atoms with van der Waals surface area (Å²) >= 11 is 0. The minimum atomic E-state index is -0.157. The maximum Gasteiger partial charge on any atom is 0.125 e. The van der Waals surface area contributed by atoms with Gasteiger partial charge >= 0.3 is 0 Å². The van der Waals surface area contributed by atoms with E-state index in [0.717, 1.165) is 25.3 Å². The number of hydrogen-bond donors (Lipinski definition) is 1. The van der Waals surface area contributed by atoms with Gasteiger partial charge < -0.3 is 10.2 Å². The zero-order valence-electron chi connectivity index (χ0n) is 12.6. The van der Waals surface area contributed by atoms with Gasteiger partial charge in [0.2, 0.25) is 0 Å². The lowest BCUT2D eigenvalue weighted by molar-refractivity contribution is 0.0817. The largest absolute Gasteiger partial charge is 0.363 e. The maximum absolute atomic E-state index is 13.6. The molecule has 0 aliphatic carbocycles. The van der Waals surface area contributed by atoms with Crippen molar-refractivity contribution in [3.8, 4) is 0 Å². The second kappa shape index (κ2) is 5.40. The molecular weight excluding hydrogens is 275 g/mol. The standard InChI is InChI=1S/C19H21FN2/c20-16-7-4-8-17(13-16)22-14-19(9-11-21-12-10-19)18(22)15-5-2-1-3-6-15/h1-8,13,18,21H,9-12,14H2. The third kappa shape index (κ3) is 2.20. The normalized spacial score (nSPS) is 23.3.